The van der Waals surface area contributed by atoms with Crippen LogP contribution in [0.2, 0.25) is 0 Å². The molecule has 2 aromatic rings. The second kappa shape index (κ2) is 13.0. The molecule has 3 amide bonds. The Bertz CT molecular complexity index is 1430. The van der Waals surface area contributed by atoms with Gasteiger partial charge >= 0.3 is 0 Å². The van der Waals surface area contributed by atoms with Gasteiger partial charge in [-0.2, -0.15) is 0 Å². The molecular formula is C36H46N4O4S. The van der Waals surface area contributed by atoms with Crippen LogP contribution in [0.25, 0.3) is 0 Å². The zero-order chi connectivity index (χ0) is 32.5. The molecule has 3 fully saturated rings. The van der Waals surface area contributed by atoms with Gasteiger partial charge in [0.1, 0.15) is 6.04 Å². The molecule has 3 aliphatic heterocycles. The SMILES string of the molecule is C=CCN(C)C(=O)[C@H]1[C@H]2C(=O)N([C@H](CO)c3ccccc3)C(C(=O)N(CC=C)c3ccc(N(CC)CC)cc3)C23CC[C@]1(C)S3. The lowest BCUT2D eigenvalue weighted by molar-refractivity contribution is -0.146. The fourth-order valence-electron chi connectivity index (χ4n) is 7.94. The minimum absolute atomic E-state index is 0.104. The molecule has 3 aliphatic rings. The molecule has 0 radical (unpaired) electrons. The average Bonchev–Trinajstić information content (AvgIpc) is 3.62. The number of nitrogens with zero attached hydrogens (tertiary/aromatic N) is 4. The number of likely N-dealkylation sites (N-methyl/N-ethyl adjacent to an activating group) is 1. The normalized spacial score (nSPS) is 27.2. The summed E-state index contributed by atoms with van der Waals surface area (Å²) >= 11 is 1.64. The number of thioether (sulfide) groups is 1. The Morgan fingerprint density at radius 3 is 2.20 bits per heavy atom. The number of hydrogen-bond acceptors (Lipinski definition) is 6. The van der Waals surface area contributed by atoms with Crippen LogP contribution in [0.1, 0.15) is 45.2 Å². The van der Waals surface area contributed by atoms with Gasteiger partial charge in [0.25, 0.3) is 5.91 Å². The number of hydrogen-bond donors (Lipinski definition) is 1. The van der Waals surface area contributed by atoms with Crippen LogP contribution < -0.4 is 9.80 Å². The average molecular weight is 631 g/mol. The third kappa shape index (κ3) is 5.37. The highest BCUT2D eigenvalue weighted by molar-refractivity contribution is 8.02. The molecule has 0 aliphatic carbocycles. The molecule has 5 rings (SSSR count). The molecule has 3 heterocycles. The van der Waals surface area contributed by atoms with E-state index < -0.39 is 33.4 Å². The predicted molar refractivity (Wildman–Crippen MR) is 182 cm³/mol. The van der Waals surface area contributed by atoms with Gasteiger partial charge in [0.05, 0.1) is 29.2 Å². The summed E-state index contributed by atoms with van der Waals surface area (Å²) in [6.07, 6.45) is 4.72. The molecule has 1 N–H and O–H groups in total. The number of anilines is 2. The fourth-order valence-corrected chi connectivity index (χ4v) is 10.3. The van der Waals surface area contributed by atoms with Crippen LogP contribution in [-0.2, 0) is 14.4 Å². The van der Waals surface area contributed by atoms with Crippen LogP contribution in [0, 0.1) is 11.8 Å². The van der Waals surface area contributed by atoms with E-state index in [1.165, 1.54) is 0 Å². The number of carbonyl (C=O) groups excluding carboxylic acids is 3. The maximum atomic E-state index is 15.1. The van der Waals surface area contributed by atoms with Crippen LogP contribution in [0.4, 0.5) is 11.4 Å². The van der Waals surface area contributed by atoms with E-state index in [-0.39, 0.29) is 30.9 Å². The Balaban J connectivity index is 1.63. The summed E-state index contributed by atoms with van der Waals surface area (Å²) in [7, 11) is 1.74. The Kier molecular flexibility index (Phi) is 9.52. The number of aliphatic hydroxyl groups is 1. The lowest BCUT2D eigenvalue weighted by Crippen LogP contribution is -2.56. The van der Waals surface area contributed by atoms with Crippen molar-refractivity contribution >= 4 is 40.9 Å². The van der Waals surface area contributed by atoms with E-state index in [1.807, 2.05) is 54.6 Å². The van der Waals surface area contributed by atoms with E-state index >= 15 is 4.79 Å². The summed E-state index contributed by atoms with van der Waals surface area (Å²) in [5.41, 5.74) is 2.53. The molecule has 2 bridgehead atoms. The van der Waals surface area contributed by atoms with Crippen molar-refractivity contribution in [1.29, 1.82) is 0 Å². The number of fused-ring (bicyclic) bond motifs is 1. The fraction of sp³-hybridized carbons (Fsp3) is 0.472. The highest BCUT2D eigenvalue weighted by Crippen LogP contribution is 2.72. The molecule has 2 aromatic carbocycles. The molecular weight excluding hydrogens is 584 g/mol. The molecule has 240 valence electrons. The summed E-state index contributed by atoms with van der Waals surface area (Å²) in [6, 6.07) is 15.7. The predicted octanol–water partition coefficient (Wildman–Crippen LogP) is 4.91. The molecule has 8 nitrogen and oxygen atoms in total. The number of likely N-dealkylation sites (tertiary alicyclic amines) is 1. The molecule has 1 spiro atoms. The van der Waals surface area contributed by atoms with E-state index in [1.54, 1.807) is 45.7 Å². The second-order valence-electron chi connectivity index (χ2n) is 12.5. The van der Waals surface area contributed by atoms with Crippen molar-refractivity contribution in [2.45, 2.75) is 55.2 Å². The first kappa shape index (κ1) is 32.8. The smallest absolute Gasteiger partial charge is 0.251 e. The largest absolute Gasteiger partial charge is 0.394 e. The van der Waals surface area contributed by atoms with Crippen LogP contribution in [0.15, 0.2) is 79.9 Å². The lowest BCUT2D eigenvalue weighted by atomic mass is 9.66. The van der Waals surface area contributed by atoms with Gasteiger partial charge in [-0.05, 0) is 63.4 Å². The molecule has 9 heteroatoms. The molecule has 3 saturated heterocycles. The zero-order valence-electron chi connectivity index (χ0n) is 26.9. The Morgan fingerprint density at radius 2 is 1.62 bits per heavy atom. The lowest BCUT2D eigenvalue weighted by Gasteiger charge is -2.39. The highest BCUT2D eigenvalue weighted by atomic mass is 32.2. The first-order valence-corrected chi connectivity index (χ1v) is 16.7. The minimum Gasteiger partial charge on any atom is -0.394 e. The summed E-state index contributed by atoms with van der Waals surface area (Å²) < 4.78 is -1.31. The third-order valence-electron chi connectivity index (χ3n) is 10.1. The third-order valence-corrected chi connectivity index (χ3v) is 12.0. The number of benzene rings is 2. The Morgan fingerprint density at radius 1 is 1.00 bits per heavy atom. The van der Waals surface area contributed by atoms with Gasteiger partial charge in [-0.15, -0.1) is 24.9 Å². The van der Waals surface area contributed by atoms with E-state index in [0.29, 0.717) is 25.1 Å². The molecule has 6 atom stereocenters. The molecule has 2 unspecified atom stereocenters. The van der Waals surface area contributed by atoms with Crippen molar-refractivity contribution in [3.8, 4) is 0 Å². The summed E-state index contributed by atoms with van der Waals surface area (Å²) in [6.45, 7) is 16.1. The monoisotopic (exact) mass is 630 g/mol. The quantitative estimate of drug-likeness (QED) is 0.317. The van der Waals surface area contributed by atoms with Gasteiger partial charge in [-0.25, -0.2) is 0 Å². The van der Waals surface area contributed by atoms with Gasteiger partial charge in [0.2, 0.25) is 11.8 Å². The van der Waals surface area contributed by atoms with Crippen LogP contribution >= 0.6 is 11.8 Å². The van der Waals surface area contributed by atoms with E-state index in [0.717, 1.165) is 24.3 Å². The van der Waals surface area contributed by atoms with Crippen molar-refractivity contribution in [2.75, 3.05) is 49.6 Å². The summed E-state index contributed by atoms with van der Waals surface area (Å²) in [5.74, 6) is -1.85. The summed E-state index contributed by atoms with van der Waals surface area (Å²) in [4.78, 5) is 51.1. The number of carbonyl (C=O) groups is 3. The van der Waals surface area contributed by atoms with Crippen molar-refractivity contribution in [3.05, 3.63) is 85.5 Å². The van der Waals surface area contributed by atoms with Crippen molar-refractivity contribution in [3.63, 3.8) is 0 Å². The van der Waals surface area contributed by atoms with E-state index in [2.05, 4.69) is 38.8 Å². The van der Waals surface area contributed by atoms with Gasteiger partial charge in [0.15, 0.2) is 0 Å². The minimum atomic E-state index is -0.885. The van der Waals surface area contributed by atoms with Crippen molar-refractivity contribution in [1.82, 2.24) is 9.80 Å². The topological polar surface area (TPSA) is 84.4 Å². The van der Waals surface area contributed by atoms with Crippen LogP contribution in [0.5, 0.6) is 0 Å². The number of rotatable bonds is 13. The number of aliphatic hydroxyl groups excluding tert-OH is 1. The van der Waals surface area contributed by atoms with Crippen LogP contribution in [-0.4, -0.2) is 88.0 Å². The zero-order valence-corrected chi connectivity index (χ0v) is 27.7. The van der Waals surface area contributed by atoms with Crippen molar-refractivity contribution < 1.29 is 19.5 Å². The van der Waals surface area contributed by atoms with Crippen molar-refractivity contribution in [2.24, 2.45) is 11.8 Å². The van der Waals surface area contributed by atoms with Crippen LogP contribution in [0.3, 0.4) is 0 Å². The second-order valence-corrected chi connectivity index (χ2v) is 14.4. The van der Waals surface area contributed by atoms with Gasteiger partial charge in [-0.1, -0.05) is 42.5 Å². The summed E-state index contributed by atoms with van der Waals surface area (Å²) in [5, 5.41) is 10.8. The molecule has 0 aromatic heterocycles. The highest BCUT2D eigenvalue weighted by Gasteiger charge is 2.78. The van der Waals surface area contributed by atoms with E-state index in [4.69, 9.17) is 0 Å². The Labute approximate surface area is 271 Å². The van der Waals surface area contributed by atoms with E-state index in [9.17, 15) is 14.7 Å². The first-order chi connectivity index (χ1) is 21.6. The van der Waals surface area contributed by atoms with Gasteiger partial charge in [-0.3, -0.25) is 14.4 Å². The molecule has 45 heavy (non-hydrogen) atoms. The van der Waals surface area contributed by atoms with Gasteiger partial charge < -0.3 is 24.7 Å². The number of amides is 3. The first-order valence-electron chi connectivity index (χ1n) is 15.9. The standard InChI is InChI=1S/C36H46N4O4S/c1-7-22-37(6)32(42)29-30-33(43)40(28(24-41)25-14-12-11-13-15-25)31(36(30)21-20-35(29,5)45-36)34(44)39(23-8-2)27-18-16-26(17-19-27)38(9-3)10-4/h7-8,11-19,28-31,41H,1-2,9-10,20-24H2,3-6H3/t28-,29-,30+,31?,35+,36?/m1/s1. The maximum Gasteiger partial charge on any atom is 0.251 e. The maximum absolute atomic E-state index is 15.1. The van der Waals surface area contributed by atoms with Gasteiger partial charge in [0, 0.05) is 49.3 Å². The molecule has 0 saturated carbocycles. The Hall–Kier alpha value is -3.56.